The molecule has 1 amide bonds. The van der Waals surface area contributed by atoms with Crippen LogP contribution in [0.15, 0.2) is 30.3 Å². The summed E-state index contributed by atoms with van der Waals surface area (Å²) < 4.78 is 0. The number of benzene rings is 1. The summed E-state index contributed by atoms with van der Waals surface area (Å²) in [6.45, 7) is 7.26. The summed E-state index contributed by atoms with van der Waals surface area (Å²) in [5.41, 5.74) is 3.79. The van der Waals surface area contributed by atoms with E-state index in [4.69, 9.17) is 0 Å². The highest BCUT2D eigenvalue weighted by molar-refractivity contribution is 6.05. The minimum Gasteiger partial charge on any atom is -0.322 e. The van der Waals surface area contributed by atoms with Crippen molar-refractivity contribution in [2.75, 3.05) is 11.9 Å². The second-order valence-electron chi connectivity index (χ2n) is 4.88. The molecule has 0 fully saturated rings. The van der Waals surface area contributed by atoms with Crippen molar-refractivity contribution in [3.05, 3.63) is 52.8 Å². The number of rotatable bonds is 5. The lowest BCUT2D eigenvalue weighted by Crippen LogP contribution is -2.18. The van der Waals surface area contributed by atoms with Crippen molar-refractivity contribution in [1.29, 1.82) is 0 Å². The van der Waals surface area contributed by atoms with Crippen molar-refractivity contribution < 1.29 is 4.79 Å². The lowest BCUT2D eigenvalue weighted by Gasteiger charge is -2.12. The van der Waals surface area contributed by atoms with Gasteiger partial charge in [0.15, 0.2) is 0 Å². The number of nitrogens with one attached hydrogen (secondary N) is 2. The zero-order chi connectivity index (χ0) is 15.2. The molecule has 5 heteroatoms. The van der Waals surface area contributed by atoms with E-state index < -0.39 is 0 Å². The fourth-order valence-electron chi connectivity index (χ4n) is 2.03. The predicted molar refractivity (Wildman–Crippen MR) is 83.3 cm³/mol. The van der Waals surface area contributed by atoms with Gasteiger partial charge in [-0.2, -0.15) is 10.2 Å². The molecule has 110 valence electrons. The normalized spacial score (nSPS) is 10.4. The van der Waals surface area contributed by atoms with E-state index >= 15 is 0 Å². The van der Waals surface area contributed by atoms with E-state index in [1.54, 1.807) is 13.0 Å². The number of para-hydroxylation sites is 1. The Morgan fingerprint density at radius 1 is 1.19 bits per heavy atom. The summed E-state index contributed by atoms with van der Waals surface area (Å²) in [5, 5.41) is 14.2. The van der Waals surface area contributed by atoms with E-state index in [0.717, 1.165) is 30.0 Å². The van der Waals surface area contributed by atoms with Gasteiger partial charge in [-0.1, -0.05) is 25.1 Å². The highest BCUT2D eigenvalue weighted by Crippen LogP contribution is 2.17. The second-order valence-corrected chi connectivity index (χ2v) is 4.88. The minimum atomic E-state index is -0.158. The molecule has 0 spiro atoms. The molecule has 0 aliphatic rings. The van der Waals surface area contributed by atoms with Gasteiger partial charge in [-0.15, -0.1) is 0 Å². The van der Waals surface area contributed by atoms with Crippen molar-refractivity contribution >= 4 is 11.6 Å². The van der Waals surface area contributed by atoms with Gasteiger partial charge >= 0.3 is 0 Å². The maximum atomic E-state index is 12.4. The number of hydrogen-bond donors (Lipinski definition) is 2. The first-order valence-corrected chi connectivity index (χ1v) is 7.02. The van der Waals surface area contributed by atoms with Crippen LogP contribution in [-0.4, -0.2) is 22.6 Å². The van der Waals surface area contributed by atoms with Crippen molar-refractivity contribution in [2.45, 2.75) is 27.3 Å². The largest absolute Gasteiger partial charge is 0.322 e. The fourth-order valence-corrected chi connectivity index (χ4v) is 2.03. The number of carbonyl (C=O) groups excluding carboxylic acids is 1. The Morgan fingerprint density at radius 2 is 1.95 bits per heavy atom. The van der Waals surface area contributed by atoms with E-state index in [1.165, 1.54) is 0 Å². The van der Waals surface area contributed by atoms with Crippen molar-refractivity contribution in [2.24, 2.45) is 0 Å². The van der Waals surface area contributed by atoms with Crippen molar-refractivity contribution in [3.63, 3.8) is 0 Å². The first-order valence-electron chi connectivity index (χ1n) is 7.02. The number of aryl methyl sites for hydroxylation is 2. The summed E-state index contributed by atoms with van der Waals surface area (Å²) in [6, 6.07) is 9.53. The molecule has 0 aliphatic carbocycles. The van der Waals surface area contributed by atoms with E-state index in [1.807, 2.05) is 31.2 Å². The van der Waals surface area contributed by atoms with Gasteiger partial charge in [0.1, 0.15) is 0 Å². The van der Waals surface area contributed by atoms with E-state index in [2.05, 4.69) is 27.8 Å². The number of hydrogen-bond acceptors (Lipinski definition) is 4. The molecule has 0 unspecified atom stereocenters. The predicted octanol–water partition coefficient (Wildman–Crippen LogP) is 2.46. The van der Waals surface area contributed by atoms with Crippen LogP contribution in [0.4, 0.5) is 5.69 Å². The Hall–Kier alpha value is -2.27. The molecule has 0 bridgehead atoms. The zero-order valence-electron chi connectivity index (χ0n) is 12.6. The molecule has 0 atom stereocenters. The highest BCUT2D eigenvalue weighted by atomic mass is 16.1. The highest BCUT2D eigenvalue weighted by Gasteiger charge is 2.12. The van der Waals surface area contributed by atoms with Crippen molar-refractivity contribution in [1.82, 2.24) is 15.5 Å². The molecule has 21 heavy (non-hydrogen) atoms. The third-order valence-corrected chi connectivity index (χ3v) is 3.18. The van der Waals surface area contributed by atoms with E-state index in [-0.39, 0.29) is 5.91 Å². The number of carbonyl (C=O) groups is 1. The molecular formula is C16H20N4O. The van der Waals surface area contributed by atoms with Crippen LogP contribution in [0.25, 0.3) is 0 Å². The van der Waals surface area contributed by atoms with Gasteiger partial charge < -0.3 is 10.6 Å². The summed E-state index contributed by atoms with van der Waals surface area (Å²) in [5.74, 6) is -0.158. The summed E-state index contributed by atoms with van der Waals surface area (Å²) >= 11 is 0. The Kier molecular flexibility index (Phi) is 5.00. The van der Waals surface area contributed by atoms with Gasteiger partial charge in [0, 0.05) is 12.2 Å². The summed E-state index contributed by atoms with van der Waals surface area (Å²) in [7, 11) is 0. The number of anilines is 1. The van der Waals surface area contributed by atoms with Crippen LogP contribution >= 0.6 is 0 Å². The Balaban J connectivity index is 2.21. The van der Waals surface area contributed by atoms with Gasteiger partial charge in [0.2, 0.25) is 0 Å². The monoisotopic (exact) mass is 284 g/mol. The van der Waals surface area contributed by atoms with Crippen LogP contribution in [0.1, 0.15) is 34.2 Å². The van der Waals surface area contributed by atoms with E-state index in [0.29, 0.717) is 11.3 Å². The van der Waals surface area contributed by atoms with Crippen LogP contribution in [0, 0.1) is 13.8 Å². The van der Waals surface area contributed by atoms with Gasteiger partial charge in [0.25, 0.3) is 5.91 Å². The van der Waals surface area contributed by atoms with Crippen LogP contribution in [-0.2, 0) is 6.54 Å². The smallest absolute Gasteiger partial charge is 0.257 e. The first kappa shape index (κ1) is 15.1. The second kappa shape index (κ2) is 6.95. The Bertz CT molecular complexity index is 640. The van der Waals surface area contributed by atoms with Gasteiger partial charge in [-0.25, -0.2) is 0 Å². The number of amides is 1. The average molecular weight is 284 g/mol. The molecule has 0 radical (unpaired) electrons. The third-order valence-electron chi connectivity index (χ3n) is 3.18. The first-order chi connectivity index (χ1) is 10.1. The van der Waals surface area contributed by atoms with Gasteiger partial charge in [0.05, 0.1) is 17.0 Å². The zero-order valence-corrected chi connectivity index (χ0v) is 12.6. The number of nitrogens with zero attached hydrogens (tertiary/aromatic N) is 2. The summed E-state index contributed by atoms with van der Waals surface area (Å²) in [4.78, 5) is 12.4. The molecule has 1 heterocycles. The maximum Gasteiger partial charge on any atom is 0.257 e. The van der Waals surface area contributed by atoms with Gasteiger partial charge in [-0.3, -0.25) is 4.79 Å². The average Bonchev–Trinajstić information content (AvgIpc) is 2.48. The van der Waals surface area contributed by atoms with Crippen LogP contribution in [0.2, 0.25) is 0 Å². The van der Waals surface area contributed by atoms with Gasteiger partial charge in [-0.05, 0) is 38.1 Å². The SMILES string of the molecule is CCNCc1ccccc1NC(=O)c1cc(C)nnc1C. The third kappa shape index (κ3) is 3.86. The van der Waals surface area contributed by atoms with Crippen LogP contribution in [0.5, 0.6) is 0 Å². The van der Waals surface area contributed by atoms with Crippen LogP contribution in [0.3, 0.4) is 0 Å². The molecule has 1 aromatic heterocycles. The molecule has 2 N–H and O–H groups in total. The number of aromatic nitrogens is 2. The topological polar surface area (TPSA) is 66.9 Å². The molecule has 2 rings (SSSR count). The maximum absolute atomic E-state index is 12.4. The molecular weight excluding hydrogens is 264 g/mol. The molecule has 0 saturated heterocycles. The Morgan fingerprint density at radius 3 is 2.71 bits per heavy atom. The lowest BCUT2D eigenvalue weighted by molar-refractivity contribution is 0.102. The molecule has 2 aromatic rings. The molecule has 1 aromatic carbocycles. The molecule has 5 nitrogen and oxygen atoms in total. The quantitative estimate of drug-likeness (QED) is 0.885. The standard InChI is InChI=1S/C16H20N4O/c1-4-17-10-13-7-5-6-8-15(13)18-16(21)14-9-11(2)19-20-12(14)3/h5-9,17H,4,10H2,1-3H3,(H,18,21). The Labute approximate surface area is 124 Å². The van der Waals surface area contributed by atoms with E-state index in [9.17, 15) is 4.79 Å². The van der Waals surface area contributed by atoms with Crippen LogP contribution < -0.4 is 10.6 Å². The fraction of sp³-hybridized carbons (Fsp3) is 0.312. The van der Waals surface area contributed by atoms with Crippen molar-refractivity contribution in [3.8, 4) is 0 Å². The lowest BCUT2D eigenvalue weighted by atomic mass is 10.1. The molecule has 0 saturated carbocycles. The minimum absolute atomic E-state index is 0.158. The molecule has 0 aliphatic heterocycles. The summed E-state index contributed by atoms with van der Waals surface area (Å²) in [6.07, 6.45) is 0.